The number of hydrogen-bond donors (Lipinski definition) is 2. The maximum absolute atomic E-state index is 11.0. The van der Waals surface area contributed by atoms with Crippen LogP contribution in [0.25, 0.3) is 0 Å². The van der Waals surface area contributed by atoms with Gasteiger partial charge in [0.1, 0.15) is 6.54 Å². The van der Waals surface area contributed by atoms with Crippen LogP contribution in [-0.4, -0.2) is 53.8 Å². The second-order valence-electron chi connectivity index (χ2n) is 4.13. The summed E-state index contributed by atoms with van der Waals surface area (Å²) in [6.45, 7) is 1.20. The molecule has 6 nitrogen and oxygen atoms in total. The molecule has 14 heavy (non-hydrogen) atoms. The van der Waals surface area contributed by atoms with E-state index < -0.39 is 19.4 Å². The van der Waals surface area contributed by atoms with Gasteiger partial charge in [0.15, 0.2) is 0 Å². The summed E-state index contributed by atoms with van der Waals surface area (Å²) in [5.74, 6) is -2.05. The Hall–Kier alpha value is -0.420. The van der Waals surface area contributed by atoms with Crippen LogP contribution in [0.4, 0.5) is 0 Å². The quantitative estimate of drug-likeness (QED) is 0.392. The lowest BCUT2D eigenvalue weighted by molar-refractivity contribution is -0.871. The molecule has 0 aromatic rings. The Morgan fingerprint density at radius 1 is 1.43 bits per heavy atom. The third kappa shape index (κ3) is 6.10. The standard InChI is InChI=1S/C7H16NO5P/c1-6(9)13-7(14(10,11)12)5-8(2,3)4/h7H,5H2,1-4H3,(H-,10,11,12)/p+1. The smallest absolute Gasteiger partial charge is 0.371 e. The highest BCUT2D eigenvalue weighted by Gasteiger charge is 2.36. The van der Waals surface area contributed by atoms with Gasteiger partial charge in [0.25, 0.3) is 0 Å². The summed E-state index contributed by atoms with van der Waals surface area (Å²) in [4.78, 5) is 28.4. The summed E-state index contributed by atoms with van der Waals surface area (Å²) in [6, 6.07) is 0. The number of carbonyl (C=O) groups excluding carboxylic acids is 1. The molecule has 0 aliphatic rings. The van der Waals surface area contributed by atoms with Crippen LogP contribution in [0.3, 0.4) is 0 Å². The summed E-state index contributed by atoms with van der Waals surface area (Å²) in [5.41, 5.74) is 0. The molecule has 0 aliphatic carbocycles. The van der Waals surface area contributed by atoms with Crippen molar-refractivity contribution in [3.8, 4) is 0 Å². The second kappa shape index (κ2) is 4.40. The van der Waals surface area contributed by atoms with Gasteiger partial charge in [-0.2, -0.15) is 0 Å². The fraction of sp³-hybridized carbons (Fsp3) is 0.857. The van der Waals surface area contributed by atoms with E-state index in [0.29, 0.717) is 4.48 Å². The summed E-state index contributed by atoms with van der Waals surface area (Å²) >= 11 is 0. The molecular weight excluding hydrogens is 209 g/mol. The zero-order valence-electron chi connectivity index (χ0n) is 8.80. The molecule has 0 rings (SSSR count). The Labute approximate surface area is 83.2 Å². The predicted molar refractivity (Wildman–Crippen MR) is 50.5 cm³/mol. The topological polar surface area (TPSA) is 83.8 Å². The van der Waals surface area contributed by atoms with Crippen LogP contribution in [0.2, 0.25) is 0 Å². The van der Waals surface area contributed by atoms with E-state index in [2.05, 4.69) is 4.74 Å². The lowest BCUT2D eigenvalue weighted by Crippen LogP contribution is -2.42. The zero-order chi connectivity index (χ0) is 11.6. The van der Waals surface area contributed by atoms with Crippen LogP contribution < -0.4 is 0 Å². The van der Waals surface area contributed by atoms with Crippen LogP contribution in [0.1, 0.15) is 6.92 Å². The van der Waals surface area contributed by atoms with Gasteiger partial charge in [-0.15, -0.1) is 0 Å². The van der Waals surface area contributed by atoms with Gasteiger partial charge in [0.2, 0.25) is 5.85 Å². The Balaban J connectivity index is 4.59. The van der Waals surface area contributed by atoms with Crippen molar-refractivity contribution >= 4 is 13.6 Å². The number of quaternary nitrogens is 1. The minimum Gasteiger partial charge on any atom is -0.443 e. The first-order valence-electron chi connectivity index (χ1n) is 4.05. The normalized spacial score (nSPS) is 15.0. The lowest BCUT2D eigenvalue weighted by atomic mass is 10.5. The minimum absolute atomic E-state index is 0.0733. The number of hydrogen-bond acceptors (Lipinski definition) is 3. The number of carbonyl (C=O) groups is 1. The zero-order valence-corrected chi connectivity index (χ0v) is 9.69. The Morgan fingerprint density at radius 3 is 2.07 bits per heavy atom. The number of rotatable bonds is 4. The largest absolute Gasteiger partial charge is 0.443 e. The van der Waals surface area contributed by atoms with Crippen molar-refractivity contribution in [2.24, 2.45) is 0 Å². The number of nitrogens with zero attached hydrogens (tertiary/aromatic N) is 1. The number of esters is 1. The predicted octanol–water partition coefficient (Wildman–Crippen LogP) is -0.241. The second-order valence-corrected chi connectivity index (χ2v) is 5.88. The molecular formula is C7H17NO5P+. The molecule has 0 fully saturated rings. The van der Waals surface area contributed by atoms with Gasteiger partial charge in [-0.3, -0.25) is 9.36 Å². The van der Waals surface area contributed by atoms with Crippen molar-refractivity contribution in [1.82, 2.24) is 0 Å². The van der Waals surface area contributed by atoms with Gasteiger partial charge in [-0.25, -0.2) is 0 Å². The molecule has 2 N–H and O–H groups in total. The SMILES string of the molecule is CC(=O)OC(C[N+](C)(C)C)P(=O)(O)O. The molecule has 7 heteroatoms. The van der Waals surface area contributed by atoms with Crippen LogP contribution >= 0.6 is 7.60 Å². The van der Waals surface area contributed by atoms with Gasteiger partial charge in [0, 0.05) is 6.92 Å². The summed E-state index contributed by atoms with van der Waals surface area (Å²) in [5, 5.41) is 0. The maximum Gasteiger partial charge on any atom is 0.371 e. The Morgan fingerprint density at radius 2 is 1.86 bits per heavy atom. The van der Waals surface area contributed by atoms with Gasteiger partial charge in [0.05, 0.1) is 21.1 Å². The monoisotopic (exact) mass is 226 g/mol. The van der Waals surface area contributed by atoms with Gasteiger partial charge in [-0.05, 0) is 0 Å². The Kier molecular flexibility index (Phi) is 4.27. The van der Waals surface area contributed by atoms with Crippen molar-refractivity contribution in [1.29, 1.82) is 0 Å². The molecule has 1 atom stereocenters. The van der Waals surface area contributed by atoms with Crippen LogP contribution in [0.15, 0.2) is 0 Å². The van der Waals surface area contributed by atoms with Crippen molar-refractivity contribution in [2.75, 3.05) is 27.7 Å². The van der Waals surface area contributed by atoms with Crippen molar-refractivity contribution < 1.29 is 28.4 Å². The lowest BCUT2D eigenvalue weighted by Gasteiger charge is -2.28. The van der Waals surface area contributed by atoms with Gasteiger partial charge in [-0.1, -0.05) is 0 Å². The van der Waals surface area contributed by atoms with E-state index in [1.165, 1.54) is 0 Å². The third-order valence-electron chi connectivity index (χ3n) is 1.38. The van der Waals surface area contributed by atoms with E-state index in [-0.39, 0.29) is 6.54 Å². The first-order valence-corrected chi connectivity index (χ1v) is 5.73. The first kappa shape index (κ1) is 13.6. The number of ether oxygens (including phenoxy) is 1. The molecule has 84 valence electrons. The minimum atomic E-state index is -4.38. The molecule has 0 saturated heterocycles. The fourth-order valence-corrected chi connectivity index (χ4v) is 1.86. The molecule has 0 aliphatic heterocycles. The average molecular weight is 226 g/mol. The number of likely N-dealkylation sites (N-methyl/N-ethyl adjacent to an activating group) is 1. The molecule has 0 saturated carbocycles. The van der Waals surface area contributed by atoms with Crippen LogP contribution in [-0.2, 0) is 14.1 Å². The first-order chi connectivity index (χ1) is 6.02. The molecule has 0 aromatic heterocycles. The summed E-state index contributed by atoms with van der Waals surface area (Å²) in [6.07, 6.45) is 0. The molecule has 0 radical (unpaired) electrons. The van der Waals surface area contributed by atoms with E-state index in [0.717, 1.165) is 6.92 Å². The highest BCUT2D eigenvalue weighted by molar-refractivity contribution is 7.52. The maximum atomic E-state index is 11.0. The third-order valence-corrected chi connectivity index (χ3v) is 2.40. The molecule has 1 unspecified atom stereocenters. The Bertz CT molecular complexity index is 253. The van der Waals surface area contributed by atoms with Crippen molar-refractivity contribution in [2.45, 2.75) is 12.8 Å². The molecule has 0 amide bonds. The van der Waals surface area contributed by atoms with E-state index >= 15 is 0 Å². The van der Waals surface area contributed by atoms with Gasteiger partial charge >= 0.3 is 13.6 Å². The highest BCUT2D eigenvalue weighted by Crippen LogP contribution is 2.42. The summed E-state index contributed by atoms with van der Waals surface area (Å²) < 4.78 is 15.8. The van der Waals surface area contributed by atoms with E-state index in [9.17, 15) is 9.36 Å². The highest BCUT2D eigenvalue weighted by atomic mass is 31.2. The van der Waals surface area contributed by atoms with Crippen LogP contribution in [0, 0.1) is 0 Å². The van der Waals surface area contributed by atoms with Gasteiger partial charge < -0.3 is 19.0 Å². The van der Waals surface area contributed by atoms with E-state index in [4.69, 9.17) is 9.79 Å². The molecule has 0 bridgehead atoms. The average Bonchev–Trinajstić information content (AvgIpc) is 1.78. The fourth-order valence-electron chi connectivity index (χ4n) is 0.872. The van der Waals surface area contributed by atoms with Crippen molar-refractivity contribution in [3.05, 3.63) is 0 Å². The molecule has 0 spiro atoms. The summed E-state index contributed by atoms with van der Waals surface area (Å²) in [7, 11) is 0.883. The van der Waals surface area contributed by atoms with E-state index in [1.807, 2.05) is 0 Å². The van der Waals surface area contributed by atoms with Crippen molar-refractivity contribution in [3.63, 3.8) is 0 Å². The molecule has 0 heterocycles. The molecule has 0 aromatic carbocycles. The van der Waals surface area contributed by atoms with E-state index in [1.54, 1.807) is 21.1 Å². The van der Waals surface area contributed by atoms with Crippen LogP contribution in [0.5, 0.6) is 0 Å².